The summed E-state index contributed by atoms with van der Waals surface area (Å²) in [6.07, 6.45) is 0. The van der Waals surface area contributed by atoms with E-state index in [9.17, 15) is 0 Å². The van der Waals surface area contributed by atoms with Crippen LogP contribution >= 0.6 is 0 Å². The van der Waals surface area contributed by atoms with Gasteiger partial charge in [-0.15, -0.1) is 0 Å². The highest BCUT2D eigenvalue weighted by Crippen LogP contribution is 2.26. The number of hydrogen-bond acceptors (Lipinski definition) is 0. The SMILES string of the molecule is Cc1cc(C)c(C)c(-c2ccc3cc(C)ccc3[n+]2C)c1. The number of fused-ring (bicyclic) bond motifs is 1. The minimum atomic E-state index is 1.27. The number of aromatic nitrogens is 1. The Bertz CT molecular complexity index is 844. The van der Waals surface area contributed by atoms with Gasteiger partial charge in [0, 0.05) is 23.1 Å². The third kappa shape index (κ3) is 2.33. The van der Waals surface area contributed by atoms with E-state index in [1.165, 1.54) is 44.4 Å². The second kappa shape index (κ2) is 5.00. The summed E-state index contributed by atoms with van der Waals surface area (Å²) in [5.41, 5.74) is 9.22. The van der Waals surface area contributed by atoms with Crippen LogP contribution in [0.25, 0.3) is 22.2 Å². The van der Waals surface area contributed by atoms with Crippen molar-refractivity contribution >= 4 is 10.9 Å². The third-order valence-electron chi connectivity index (χ3n) is 4.41. The van der Waals surface area contributed by atoms with Crippen LogP contribution < -0.4 is 4.57 Å². The molecule has 0 radical (unpaired) electrons. The summed E-state index contributed by atoms with van der Waals surface area (Å²) in [6.45, 7) is 8.71. The van der Waals surface area contributed by atoms with Crippen molar-refractivity contribution in [2.75, 3.05) is 0 Å². The van der Waals surface area contributed by atoms with Gasteiger partial charge in [0.15, 0.2) is 0 Å². The fraction of sp³-hybridized carbons (Fsp3) is 0.250. The van der Waals surface area contributed by atoms with Gasteiger partial charge in [0.2, 0.25) is 11.2 Å². The lowest BCUT2D eigenvalue weighted by Crippen LogP contribution is -2.32. The van der Waals surface area contributed by atoms with Gasteiger partial charge in [-0.2, -0.15) is 4.57 Å². The molecule has 3 aromatic rings. The Morgan fingerprint density at radius 1 is 0.762 bits per heavy atom. The maximum Gasteiger partial charge on any atom is 0.213 e. The van der Waals surface area contributed by atoms with Crippen molar-refractivity contribution in [3.63, 3.8) is 0 Å². The number of benzene rings is 2. The van der Waals surface area contributed by atoms with E-state index in [1.807, 2.05) is 0 Å². The van der Waals surface area contributed by atoms with E-state index in [1.54, 1.807) is 0 Å². The standard InChI is InChI=1S/C20H22N/c1-13-6-8-19-17(11-13)7-9-20(21(19)5)18-12-14(2)10-15(3)16(18)4/h6-12H,1-5H3/q+1. The first-order valence-electron chi connectivity index (χ1n) is 7.45. The van der Waals surface area contributed by atoms with Crippen molar-refractivity contribution < 1.29 is 4.57 Å². The molecule has 0 saturated heterocycles. The van der Waals surface area contributed by atoms with Gasteiger partial charge < -0.3 is 0 Å². The largest absolute Gasteiger partial charge is 0.213 e. The monoisotopic (exact) mass is 276 g/mol. The molecule has 3 rings (SSSR count). The molecule has 0 saturated carbocycles. The van der Waals surface area contributed by atoms with Crippen LogP contribution in [-0.2, 0) is 7.05 Å². The molecular weight excluding hydrogens is 254 g/mol. The van der Waals surface area contributed by atoms with Crippen LogP contribution in [0.2, 0.25) is 0 Å². The summed E-state index contributed by atoms with van der Waals surface area (Å²) in [6, 6.07) is 15.7. The van der Waals surface area contributed by atoms with E-state index in [0.29, 0.717) is 0 Å². The average Bonchev–Trinajstić information content (AvgIpc) is 2.43. The van der Waals surface area contributed by atoms with Crippen molar-refractivity contribution in [3.05, 3.63) is 64.7 Å². The van der Waals surface area contributed by atoms with Crippen molar-refractivity contribution in [1.82, 2.24) is 0 Å². The summed E-state index contributed by atoms with van der Waals surface area (Å²) in [7, 11) is 2.16. The van der Waals surface area contributed by atoms with E-state index in [-0.39, 0.29) is 0 Å². The molecule has 1 heterocycles. The van der Waals surface area contributed by atoms with Gasteiger partial charge in [0.25, 0.3) is 0 Å². The molecule has 0 amide bonds. The predicted molar refractivity (Wildman–Crippen MR) is 89.5 cm³/mol. The molecule has 1 aromatic heterocycles. The molecule has 0 unspecified atom stereocenters. The number of aryl methyl sites for hydroxylation is 4. The van der Waals surface area contributed by atoms with Crippen molar-refractivity contribution in [1.29, 1.82) is 0 Å². The fourth-order valence-electron chi connectivity index (χ4n) is 3.10. The van der Waals surface area contributed by atoms with Crippen LogP contribution in [0.5, 0.6) is 0 Å². The molecule has 0 fully saturated rings. The van der Waals surface area contributed by atoms with Gasteiger partial charge >= 0.3 is 0 Å². The maximum absolute atomic E-state index is 2.30. The van der Waals surface area contributed by atoms with Crippen LogP contribution in [0.1, 0.15) is 22.3 Å². The molecule has 0 aliphatic rings. The molecule has 1 nitrogen and oxygen atoms in total. The smallest absolute Gasteiger partial charge is 0.194 e. The maximum atomic E-state index is 2.30. The summed E-state index contributed by atoms with van der Waals surface area (Å²) >= 11 is 0. The highest BCUT2D eigenvalue weighted by molar-refractivity contribution is 5.79. The molecule has 21 heavy (non-hydrogen) atoms. The number of hydrogen-bond donors (Lipinski definition) is 0. The van der Waals surface area contributed by atoms with Crippen molar-refractivity contribution in [2.45, 2.75) is 27.7 Å². The summed E-state index contributed by atoms with van der Waals surface area (Å²) in [4.78, 5) is 0. The normalized spacial score (nSPS) is 11.1. The quantitative estimate of drug-likeness (QED) is 0.573. The lowest BCUT2D eigenvalue weighted by molar-refractivity contribution is -0.633. The molecule has 1 heteroatoms. The Labute approximate surface area is 126 Å². The van der Waals surface area contributed by atoms with Crippen LogP contribution in [-0.4, -0.2) is 0 Å². The van der Waals surface area contributed by atoms with Crippen molar-refractivity contribution in [3.8, 4) is 11.3 Å². The van der Waals surface area contributed by atoms with Crippen LogP contribution in [0.15, 0.2) is 42.5 Å². The first-order valence-corrected chi connectivity index (χ1v) is 7.45. The molecule has 0 aliphatic carbocycles. The molecular formula is C20H22N+. The zero-order chi connectivity index (χ0) is 15.1. The van der Waals surface area contributed by atoms with Gasteiger partial charge in [-0.1, -0.05) is 23.3 Å². The minimum absolute atomic E-state index is 1.27. The highest BCUT2D eigenvalue weighted by Gasteiger charge is 2.16. The zero-order valence-electron chi connectivity index (χ0n) is 13.5. The molecule has 0 aliphatic heterocycles. The lowest BCUT2D eigenvalue weighted by atomic mass is 9.97. The molecule has 0 bridgehead atoms. The van der Waals surface area contributed by atoms with Gasteiger partial charge in [-0.25, -0.2) is 0 Å². The Morgan fingerprint density at radius 2 is 1.52 bits per heavy atom. The zero-order valence-corrected chi connectivity index (χ0v) is 13.5. The second-order valence-electron chi connectivity index (χ2n) is 6.09. The summed E-state index contributed by atoms with van der Waals surface area (Å²) in [5, 5.41) is 1.29. The van der Waals surface area contributed by atoms with Crippen molar-refractivity contribution in [2.24, 2.45) is 7.05 Å². The van der Waals surface area contributed by atoms with Crippen LogP contribution in [0.3, 0.4) is 0 Å². The third-order valence-corrected chi connectivity index (χ3v) is 4.41. The summed E-state index contributed by atoms with van der Waals surface area (Å²) < 4.78 is 2.30. The molecule has 106 valence electrons. The van der Waals surface area contributed by atoms with E-state index >= 15 is 0 Å². The van der Waals surface area contributed by atoms with Gasteiger partial charge in [0.1, 0.15) is 7.05 Å². The Balaban J connectivity index is 2.31. The van der Waals surface area contributed by atoms with Gasteiger partial charge in [-0.05, 0) is 57.0 Å². The van der Waals surface area contributed by atoms with E-state index in [2.05, 4.69) is 81.8 Å². The van der Waals surface area contributed by atoms with E-state index in [0.717, 1.165) is 0 Å². The molecule has 0 N–H and O–H groups in total. The molecule has 0 spiro atoms. The lowest BCUT2D eigenvalue weighted by Gasteiger charge is -2.10. The second-order valence-corrected chi connectivity index (χ2v) is 6.09. The summed E-state index contributed by atoms with van der Waals surface area (Å²) in [5.74, 6) is 0. The Hall–Kier alpha value is -2.15. The Kier molecular flexibility index (Phi) is 3.29. The number of rotatable bonds is 1. The number of nitrogens with zero attached hydrogens (tertiary/aromatic N) is 1. The van der Waals surface area contributed by atoms with Crippen LogP contribution in [0, 0.1) is 27.7 Å². The molecule has 0 atom stereocenters. The first-order chi connectivity index (χ1) is 9.97. The highest BCUT2D eigenvalue weighted by atomic mass is 14.9. The van der Waals surface area contributed by atoms with Crippen LogP contribution in [0.4, 0.5) is 0 Å². The predicted octanol–water partition coefficient (Wildman–Crippen LogP) is 4.56. The van der Waals surface area contributed by atoms with Gasteiger partial charge in [-0.3, -0.25) is 0 Å². The first kappa shape index (κ1) is 13.8. The average molecular weight is 276 g/mol. The fourth-order valence-corrected chi connectivity index (χ4v) is 3.10. The number of pyridine rings is 1. The van der Waals surface area contributed by atoms with Gasteiger partial charge in [0.05, 0.1) is 0 Å². The van der Waals surface area contributed by atoms with E-state index < -0.39 is 0 Å². The molecule has 2 aromatic carbocycles. The topological polar surface area (TPSA) is 3.88 Å². The van der Waals surface area contributed by atoms with E-state index in [4.69, 9.17) is 0 Å². The minimum Gasteiger partial charge on any atom is -0.194 e. The Morgan fingerprint density at radius 3 is 2.29 bits per heavy atom.